The van der Waals surface area contributed by atoms with Crippen LogP contribution >= 0.6 is 0 Å². The Bertz CT molecular complexity index is 827. The molecule has 1 aliphatic rings. The van der Waals surface area contributed by atoms with E-state index in [-0.39, 0.29) is 6.61 Å². The molecule has 2 atom stereocenters. The van der Waals surface area contributed by atoms with Gasteiger partial charge in [-0.2, -0.15) is 0 Å². The van der Waals surface area contributed by atoms with E-state index in [1.54, 1.807) is 26.1 Å². The number of methoxy groups -OCH3 is 1. The number of aryl methyl sites for hydroxylation is 2. The maximum atomic E-state index is 13.9. The standard InChI is InChI=1S/C18H19FN2O4/c1-10-16(8-20-11(2)21-10)25-9-18(7-15(18)17(22)23)12-4-13(19)6-14(5-12)24-3/h4-6,8,15H,7,9H2,1-3H3,(H,22,23)/t15-,18+/m0/s1. The van der Waals surface area contributed by atoms with Gasteiger partial charge >= 0.3 is 5.97 Å². The fourth-order valence-corrected chi connectivity index (χ4v) is 3.08. The van der Waals surface area contributed by atoms with Gasteiger partial charge in [-0.3, -0.25) is 4.79 Å². The first-order chi connectivity index (χ1) is 11.9. The zero-order valence-corrected chi connectivity index (χ0v) is 14.2. The molecule has 0 spiro atoms. The Labute approximate surface area is 144 Å². The zero-order chi connectivity index (χ0) is 18.2. The molecule has 6 nitrogen and oxygen atoms in total. The van der Waals surface area contributed by atoms with Gasteiger partial charge in [0.1, 0.15) is 17.4 Å². The number of halogens is 1. The average Bonchev–Trinajstić information content (AvgIpc) is 3.30. The summed E-state index contributed by atoms with van der Waals surface area (Å²) < 4.78 is 24.8. The van der Waals surface area contributed by atoms with E-state index in [0.717, 1.165) is 0 Å². The summed E-state index contributed by atoms with van der Waals surface area (Å²) in [7, 11) is 1.44. The monoisotopic (exact) mass is 346 g/mol. The van der Waals surface area contributed by atoms with Crippen LogP contribution in [0, 0.1) is 25.6 Å². The topological polar surface area (TPSA) is 81.5 Å². The van der Waals surface area contributed by atoms with Crippen molar-refractivity contribution in [3.63, 3.8) is 0 Å². The number of carbonyl (C=O) groups is 1. The summed E-state index contributed by atoms with van der Waals surface area (Å²) in [5.74, 6) is -0.567. The van der Waals surface area contributed by atoms with Gasteiger partial charge in [0.05, 0.1) is 31.5 Å². The normalized spacial score (nSPS) is 21.7. The van der Waals surface area contributed by atoms with Crippen molar-refractivity contribution in [1.82, 2.24) is 9.97 Å². The maximum Gasteiger partial charge on any atom is 0.307 e. The second kappa shape index (κ2) is 6.31. The molecule has 1 saturated carbocycles. The van der Waals surface area contributed by atoms with Crippen LogP contribution in [0.25, 0.3) is 0 Å². The first-order valence-corrected chi connectivity index (χ1v) is 7.86. The Kier molecular flexibility index (Phi) is 4.32. The number of carboxylic acid groups (broad SMARTS) is 1. The molecule has 0 aliphatic heterocycles. The van der Waals surface area contributed by atoms with Gasteiger partial charge in [-0.05, 0) is 38.0 Å². The SMILES string of the molecule is COc1cc(F)cc([C@]2(COc3cnc(C)nc3C)C[C@H]2C(=O)O)c1. The Morgan fingerprint density at radius 3 is 2.76 bits per heavy atom. The van der Waals surface area contributed by atoms with Crippen molar-refractivity contribution in [1.29, 1.82) is 0 Å². The maximum absolute atomic E-state index is 13.9. The van der Waals surface area contributed by atoms with Gasteiger partial charge in [0.15, 0.2) is 5.75 Å². The van der Waals surface area contributed by atoms with Crippen molar-refractivity contribution in [2.24, 2.45) is 5.92 Å². The highest BCUT2D eigenvalue weighted by Gasteiger charge is 2.60. The van der Waals surface area contributed by atoms with Crippen molar-refractivity contribution in [2.75, 3.05) is 13.7 Å². The van der Waals surface area contributed by atoms with Crippen LogP contribution in [0.4, 0.5) is 4.39 Å². The summed E-state index contributed by atoms with van der Waals surface area (Å²) in [4.78, 5) is 19.8. The molecule has 0 saturated heterocycles. The molecular formula is C18H19FN2O4. The first kappa shape index (κ1) is 17.1. The van der Waals surface area contributed by atoms with E-state index in [9.17, 15) is 14.3 Å². The molecule has 1 N–H and O–H groups in total. The van der Waals surface area contributed by atoms with Crippen LogP contribution in [0.2, 0.25) is 0 Å². The molecule has 1 aromatic carbocycles. The van der Waals surface area contributed by atoms with E-state index in [4.69, 9.17) is 9.47 Å². The van der Waals surface area contributed by atoms with Crippen molar-refractivity contribution < 1.29 is 23.8 Å². The first-order valence-electron chi connectivity index (χ1n) is 7.86. The molecule has 0 radical (unpaired) electrons. The van der Waals surface area contributed by atoms with Gasteiger partial charge < -0.3 is 14.6 Å². The Morgan fingerprint density at radius 1 is 1.40 bits per heavy atom. The lowest BCUT2D eigenvalue weighted by atomic mass is 9.93. The lowest BCUT2D eigenvalue weighted by Gasteiger charge is -2.19. The molecule has 1 fully saturated rings. The number of aromatic nitrogens is 2. The van der Waals surface area contributed by atoms with Gasteiger partial charge in [0.2, 0.25) is 0 Å². The molecule has 1 heterocycles. The highest BCUT2D eigenvalue weighted by molar-refractivity contribution is 5.77. The lowest BCUT2D eigenvalue weighted by molar-refractivity contribution is -0.139. The highest BCUT2D eigenvalue weighted by Crippen LogP contribution is 2.55. The fourth-order valence-electron chi connectivity index (χ4n) is 3.08. The number of nitrogens with zero attached hydrogens (tertiary/aromatic N) is 2. The summed E-state index contributed by atoms with van der Waals surface area (Å²) in [6.07, 6.45) is 1.94. The second-order valence-electron chi connectivity index (χ2n) is 6.29. The molecule has 0 amide bonds. The molecule has 0 bridgehead atoms. The minimum absolute atomic E-state index is 0.101. The third-order valence-corrected chi connectivity index (χ3v) is 4.60. The molecule has 1 aliphatic carbocycles. The minimum Gasteiger partial charge on any atom is -0.497 e. The molecule has 2 aromatic rings. The number of benzene rings is 1. The van der Waals surface area contributed by atoms with Crippen LogP contribution in [0.15, 0.2) is 24.4 Å². The van der Waals surface area contributed by atoms with Crippen LogP contribution in [0.1, 0.15) is 23.5 Å². The predicted octanol–water partition coefficient (Wildman–Crippen LogP) is 2.66. The smallest absolute Gasteiger partial charge is 0.307 e. The number of hydrogen-bond acceptors (Lipinski definition) is 5. The Morgan fingerprint density at radius 2 is 2.16 bits per heavy atom. The van der Waals surface area contributed by atoms with Gasteiger partial charge in [0, 0.05) is 11.5 Å². The van der Waals surface area contributed by atoms with Crippen molar-refractivity contribution >= 4 is 5.97 Å². The number of ether oxygens (including phenoxy) is 2. The predicted molar refractivity (Wildman–Crippen MR) is 87.4 cm³/mol. The van der Waals surface area contributed by atoms with Crippen LogP contribution in [-0.4, -0.2) is 34.8 Å². The summed E-state index contributed by atoms with van der Waals surface area (Å²) in [5.41, 5.74) is 0.438. The Hall–Kier alpha value is -2.70. The van der Waals surface area contributed by atoms with Crippen LogP contribution in [0.3, 0.4) is 0 Å². The van der Waals surface area contributed by atoms with E-state index in [2.05, 4.69) is 9.97 Å². The lowest BCUT2D eigenvalue weighted by Crippen LogP contribution is -2.24. The van der Waals surface area contributed by atoms with Crippen molar-refractivity contribution in [3.05, 3.63) is 47.3 Å². The molecule has 0 unspecified atom stereocenters. The van der Waals surface area contributed by atoms with Gasteiger partial charge in [0.25, 0.3) is 0 Å². The molecule has 1 aromatic heterocycles. The van der Waals surface area contributed by atoms with E-state index in [1.165, 1.54) is 19.2 Å². The molecular weight excluding hydrogens is 327 g/mol. The van der Waals surface area contributed by atoms with E-state index >= 15 is 0 Å². The van der Waals surface area contributed by atoms with Gasteiger partial charge in [-0.25, -0.2) is 14.4 Å². The minimum atomic E-state index is -0.927. The van der Waals surface area contributed by atoms with Crippen LogP contribution in [0.5, 0.6) is 11.5 Å². The van der Waals surface area contributed by atoms with Gasteiger partial charge in [-0.15, -0.1) is 0 Å². The second-order valence-corrected chi connectivity index (χ2v) is 6.29. The van der Waals surface area contributed by atoms with Gasteiger partial charge in [-0.1, -0.05) is 0 Å². The van der Waals surface area contributed by atoms with E-state index < -0.39 is 23.1 Å². The summed E-state index contributed by atoms with van der Waals surface area (Å²) in [5, 5.41) is 9.43. The molecule has 3 rings (SSSR count). The highest BCUT2D eigenvalue weighted by atomic mass is 19.1. The number of carboxylic acids is 1. The summed E-state index contributed by atoms with van der Waals surface area (Å²) in [6.45, 7) is 3.67. The third kappa shape index (κ3) is 3.26. The Balaban J connectivity index is 1.90. The van der Waals surface area contributed by atoms with Crippen LogP contribution < -0.4 is 9.47 Å². The number of rotatable bonds is 6. The average molecular weight is 346 g/mol. The van der Waals surface area contributed by atoms with E-state index in [1.807, 2.05) is 0 Å². The summed E-state index contributed by atoms with van der Waals surface area (Å²) >= 11 is 0. The third-order valence-electron chi connectivity index (χ3n) is 4.60. The largest absolute Gasteiger partial charge is 0.497 e. The number of aliphatic carboxylic acids is 1. The fraction of sp³-hybridized carbons (Fsp3) is 0.389. The van der Waals surface area contributed by atoms with E-state index in [0.29, 0.717) is 35.0 Å². The quantitative estimate of drug-likeness (QED) is 0.866. The zero-order valence-electron chi connectivity index (χ0n) is 14.2. The number of hydrogen-bond donors (Lipinski definition) is 1. The van der Waals surface area contributed by atoms with Crippen molar-refractivity contribution in [2.45, 2.75) is 25.7 Å². The molecule has 132 valence electrons. The molecule has 25 heavy (non-hydrogen) atoms. The van der Waals surface area contributed by atoms with Crippen LogP contribution in [-0.2, 0) is 10.2 Å². The summed E-state index contributed by atoms with van der Waals surface area (Å²) in [6, 6.07) is 4.26. The van der Waals surface area contributed by atoms with Crippen molar-refractivity contribution in [3.8, 4) is 11.5 Å². The molecule has 7 heteroatoms.